The second-order valence-corrected chi connectivity index (χ2v) is 13.6. The molecule has 2 aliphatic heterocycles. The monoisotopic (exact) mass is 756 g/mol. The van der Waals surface area contributed by atoms with Gasteiger partial charge in [-0.3, -0.25) is 38.4 Å². The first-order chi connectivity index (χ1) is 25.4. The van der Waals surface area contributed by atoms with E-state index in [1.165, 1.54) is 32.6 Å². The molecule has 1 aromatic heterocycles. The minimum absolute atomic E-state index is 0.128. The molecule has 0 spiro atoms. The summed E-state index contributed by atoms with van der Waals surface area (Å²) < 4.78 is 0. The molecule has 2 aliphatic rings. The van der Waals surface area contributed by atoms with E-state index in [0.717, 1.165) is 22.2 Å². The lowest BCUT2D eigenvalue weighted by Gasteiger charge is -2.41. The number of amides is 7. The number of nitrogens with zero attached hydrogens (tertiary/aromatic N) is 1. The largest absolute Gasteiger partial charge is 0.481 e. The third kappa shape index (κ3) is 9.68. The van der Waals surface area contributed by atoms with Gasteiger partial charge in [0.05, 0.1) is 32.0 Å². The molecule has 7 amide bonds. The number of carbonyl (C=O) groups excluding carboxylic acids is 7. The summed E-state index contributed by atoms with van der Waals surface area (Å²) in [6.45, 7) is 4.82. The quantitative estimate of drug-likeness (QED) is 0.0819. The number of aromatic nitrogens is 1. The molecule has 0 aliphatic carbocycles. The summed E-state index contributed by atoms with van der Waals surface area (Å²) in [5.41, 5.74) is 2.59. The third-order valence-corrected chi connectivity index (χ3v) is 9.11. The number of hydrogen-bond acceptors (Lipinski definition) is 10. The number of nitrogens with one attached hydrogen (secondary N) is 7. The van der Waals surface area contributed by atoms with Crippen molar-refractivity contribution in [1.29, 1.82) is 0 Å². The highest BCUT2D eigenvalue weighted by Crippen LogP contribution is 2.32. The van der Waals surface area contributed by atoms with Crippen molar-refractivity contribution in [1.82, 2.24) is 41.8 Å². The van der Waals surface area contributed by atoms with E-state index < -0.39 is 121 Å². The second-order valence-electron chi connectivity index (χ2n) is 13.6. The minimum Gasteiger partial charge on any atom is -0.481 e. The van der Waals surface area contributed by atoms with Gasteiger partial charge in [0.2, 0.25) is 41.4 Å². The van der Waals surface area contributed by atoms with Crippen molar-refractivity contribution >= 4 is 64.2 Å². The molecule has 2 aromatic rings. The van der Waals surface area contributed by atoms with Crippen molar-refractivity contribution in [2.45, 2.75) is 95.9 Å². The Balaban J connectivity index is 1.29. The molecule has 54 heavy (non-hydrogen) atoms. The summed E-state index contributed by atoms with van der Waals surface area (Å²) in [5.74, 6) is -9.18. The first-order valence-electron chi connectivity index (χ1n) is 17.2. The highest BCUT2D eigenvalue weighted by molar-refractivity contribution is 6.01. The van der Waals surface area contributed by atoms with E-state index in [0.29, 0.717) is 0 Å². The lowest BCUT2D eigenvalue weighted by molar-refractivity contribution is -0.152. The van der Waals surface area contributed by atoms with Gasteiger partial charge >= 0.3 is 11.9 Å². The molecule has 20 nitrogen and oxygen atoms in total. The number of piperazine rings is 1. The van der Waals surface area contributed by atoms with Crippen molar-refractivity contribution in [2.75, 3.05) is 6.54 Å². The molecule has 0 bridgehead atoms. The van der Waals surface area contributed by atoms with Gasteiger partial charge in [0.15, 0.2) is 0 Å². The summed E-state index contributed by atoms with van der Waals surface area (Å²) in [4.78, 5) is 118. The standard InChI is InChI=1S/C34H44N8O12/c1-14(2)27(34(53)54)41-30(49)20(11-26(46)47)38-25(45)12-35-29(48)15(3)36-32(51)28(16(4)43)40-24(44)10-21-33(52)42-13-22-18(9-23(42)31(50)39-21)17-7-5-6-8-19(17)37-22/h5-8,14-16,20-21,23,27-28,37,43H,9-13H2,1-4H3,(H,35,48)(H,36,51)(H,38,45)(H,39,50)(H,40,44)(H,41,49)(H,46,47)(H,53,54)/t15-,16+,20-,21?,23-,27-,28-/m0/s1. The topological polar surface area (TPSA) is 306 Å². The molecule has 20 heteroatoms. The van der Waals surface area contributed by atoms with Crippen LogP contribution in [0.15, 0.2) is 24.3 Å². The Morgan fingerprint density at radius 2 is 1.56 bits per heavy atom. The van der Waals surface area contributed by atoms with E-state index in [-0.39, 0.29) is 13.0 Å². The number of aromatic amines is 1. The number of aliphatic hydroxyl groups is 1. The zero-order chi connectivity index (χ0) is 40.0. The van der Waals surface area contributed by atoms with E-state index >= 15 is 0 Å². The van der Waals surface area contributed by atoms with Crippen LogP contribution in [0.5, 0.6) is 0 Å². The van der Waals surface area contributed by atoms with Gasteiger partial charge in [-0.05, 0) is 31.4 Å². The number of H-pyrrole nitrogens is 1. The Morgan fingerprint density at radius 3 is 2.19 bits per heavy atom. The predicted octanol–water partition coefficient (Wildman–Crippen LogP) is -3.02. The number of aliphatic carboxylic acids is 2. The molecule has 1 fully saturated rings. The highest BCUT2D eigenvalue weighted by atomic mass is 16.4. The molecule has 7 atom stereocenters. The van der Waals surface area contributed by atoms with Crippen molar-refractivity contribution in [3.8, 4) is 0 Å². The molecular weight excluding hydrogens is 712 g/mol. The lowest BCUT2D eigenvalue weighted by atomic mass is 9.92. The Kier molecular flexibility index (Phi) is 13.0. The number of carbonyl (C=O) groups is 9. The van der Waals surface area contributed by atoms with Crippen LogP contribution >= 0.6 is 0 Å². The van der Waals surface area contributed by atoms with Crippen molar-refractivity contribution in [2.24, 2.45) is 5.92 Å². The third-order valence-electron chi connectivity index (χ3n) is 9.11. The van der Waals surface area contributed by atoms with E-state index in [1.807, 2.05) is 24.3 Å². The second kappa shape index (κ2) is 17.2. The zero-order valence-corrected chi connectivity index (χ0v) is 29.9. The smallest absolute Gasteiger partial charge is 0.326 e. The SMILES string of the molecule is CC(C)[C@H](NC(=O)[C@H](CC(=O)O)NC(=O)CNC(=O)[C@H](C)NC(=O)[C@@H](NC(=O)CC1NC(=O)[C@@H]2Cc3c([nH]c4ccccc34)CN2C1=O)[C@@H](C)O)C(=O)O. The first-order valence-corrected chi connectivity index (χ1v) is 17.2. The van der Waals surface area contributed by atoms with Crippen LogP contribution in [0.2, 0.25) is 0 Å². The maximum absolute atomic E-state index is 13.4. The van der Waals surface area contributed by atoms with E-state index in [1.54, 1.807) is 0 Å². The fourth-order valence-electron chi connectivity index (χ4n) is 6.25. The normalized spacial score (nSPS) is 19.2. The number of fused-ring (bicyclic) bond motifs is 4. The number of hydrogen-bond donors (Lipinski definition) is 10. The summed E-state index contributed by atoms with van der Waals surface area (Å²) >= 11 is 0. The average molecular weight is 757 g/mol. The van der Waals surface area contributed by atoms with Crippen LogP contribution in [0.3, 0.4) is 0 Å². The molecule has 0 saturated carbocycles. The summed E-state index contributed by atoms with van der Waals surface area (Å²) in [6.07, 6.45) is -2.63. The van der Waals surface area contributed by atoms with Gasteiger partial charge in [0.25, 0.3) is 0 Å². The Bertz CT molecular complexity index is 1840. The van der Waals surface area contributed by atoms with Crippen LogP contribution in [0.25, 0.3) is 10.9 Å². The van der Waals surface area contributed by atoms with Crippen LogP contribution in [0.1, 0.15) is 51.8 Å². The van der Waals surface area contributed by atoms with Crippen LogP contribution in [0, 0.1) is 5.92 Å². The number of carboxylic acids is 2. The number of aliphatic hydroxyl groups excluding tert-OH is 1. The van der Waals surface area contributed by atoms with Crippen LogP contribution in [-0.4, -0.2) is 127 Å². The van der Waals surface area contributed by atoms with Gasteiger partial charge in [-0.1, -0.05) is 32.0 Å². The summed E-state index contributed by atoms with van der Waals surface area (Å²) in [6, 6.07) is -0.429. The molecule has 10 N–H and O–H groups in total. The van der Waals surface area contributed by atoms with Crippen LogP contribution < -0.4 is 31.9 Å². The number of rotatable bonds is 16. The molecular formula is C34H44N8O12. The van der Waals surface area contributed by atoms with Gasteiger partial charge in [0, 0.05) is 23.0 Å². The first kappa shape index (κ1) is 40.7. The molecule has 1 aromatic carbocycles. The van der Waals surface area contributed by atoms with E-state index in [2.05, 4.69) is 36.9 Å². The zero-order valence-electron chi connectivity index (χ0n) is 29.9. The van der Waals surface area contributed by atoms with Gasteiger partial charge in [-0.25, -0.2) is 4.79 Å². The maximum atomic E-state index is 13.4. The minimum atomic E-state index is -1.68. The van der Waals surface area contributed by atoms with Crippen molar-refractivity contribution < 1.29 is 58.5 Å². The fourth-order valence-corrected chi connectivity index (χ4v) is 6.25. The molecule has 1 unspecified atom stereocenters. The highest BCUT2D eigenvalue weighted by Gasteiger charge is 2.45. The lowest BCUT2D eigenvalue weighted by Crippen LogP contribution is -2.65. The molecule has 4 rings (SSSR count). The van der Waals surface area contributed by atoms with Crippen LogP contribution in [0.4, 0.5) is 0 Å². The van der Waals surface area contributed by atoms with Gasteiger partial charge in [0.1, 0.15) is 36.3 Å². The van der Waals surface area contributed by atoms with E-state index in [4.69, 9.17) is 0 Å². The van der Waals surface area contributed by atoms with E-state index in [9.17, 15) is 58.5 Å². The molecule has 0 radical (unpaired) electrons. The van der Waals surface area contributed by atoms with Crippen molar-refractivity contribution in [3.63, 3.8) is 0 Å². The Morgan fingerprint density at radius 1 is 0.870 bits per heavy atom. The van der Waals surface area contributed by atoms with Crippen molar-refractivity contribution in [3.05, 3.63) is 35.5 Å². The number of para-hydroxylation sites is 1. The summed E-state index contributed by atoms with van der Waals surface area (Å²) in [5, 5.41) is 43.4. The average Bonchev–Trinajstić information content (AvgIpc) is 3.46. The predicted molar refractivity (Wildman–Crippen MR) is 186 cm³/mol. The number of carboxylic acid groups (broad SMARTS) is 2. The maximum Gasteiger partial charge on any atom is 0.326 e. The Labute approximate surface area is 308 Å². The van der Waals surface area contributed by atoms with Gasteiger partial charge < -0.3 is 57.1 Å². The Hall–Kier alpha value is -6.05. The summed E-state index contributed by atoms with van der Waals surface area (Å²) in [7, 11) is 0. The molecule has 292 valence electrons. The fraction of sp³-hybridized carbons (Fsp3) is 0.500. The number of benzene rings is 1. The van der Waals surface area contributed by atoms with Gasteiger partial charge in [-0.2, -0.15) is 0 Å². The van der Waals surface area contributed by atoms with Crippen LogP contribution in [-0.2, 0) is 56.1 Å². The molecule has 3 heterocycles. The molecule has 1 saturated heterocycles. The van der Waals surface area contributed by atoms with Gasteiger partial charge in [-0.15, -0.1) is 0 Å².